The van der Waals surface area contributed by atoms with Gasteiger partial charge in [0.1, 0.15) is 17.3 Å². The third-order valence-electron chi connectivity index (χ3n) is 4.81. The molecule has 1 aromatic heterocycles. The molecule has 0 amide bonds. The first-order valence-corrected chi connectivity index (χ1v) is 10.6. The fraction of sp³-hybridized carbons (Fsp3) is 0.389. The van der Waals surface area contributed by atoms with Gasteiger partial charge in [0.25, 0.3) is 0 Å². The Morgan fingerprint density at radius 3 is 2.61 bits per heavy atom. The lowest BCUT2D eigenvalue weighted by Crippen LogP contribution is -2.19. The quantitative estimate of drug-likeness (QED) is 0.577. The van der Waals surface area contributed by atoms with Crippen molar-refractivity contribution in [3.8, 4) is 23.0 Å². The zero-order valence-electron chi connectivity index (χ0n) is 15.0. The molecule has 1 unspecified atom stereocenters. The molecule has 5 rings (SSSR count). The molecule has 0 spiro atoms. The Morgan fingerprint density at radius 1 is 1.18 bits per heavy atom. The van der Waals surface area contributed by atoms with Crippen molar-refractivity contribution in [2.24, 2.45) is 0 Å². The Labute approximate surface area is 161 Å². The molecule has 0 saturated carbocycles. The topological polar surface area (TPSA) is 83.9 Å². The summed E-state index contributed by atoms with van der Waals surface area (Å²) < 4.78 is 47.8. The van der Waals surface area contributed by atoms with Crippen LogP contribution in [0.4, 0.5) is 4.39 Å². The van der Waals surface area contributed by atoms with E-state index in [0.29, 0.717) is 24.3 Å². The highest BCUT2D eigenvalue weighted by Gasteiger charge is 2.51. The minimum absolute atomic E-state index is 0.124. The van der Waals surface area contributed by atoms with Gasteiger partial charge in [0.2, 0.25) is 0 Å². The standard InChI is InChI=1S/C18H19FN3O5P/c19-12-7-13(11-20-10-12)26-18-8-14-16(1-6-25-17(14)9-15(18)23)27-28(24,21-2-3-21)22-4-5-22/h7-11,16,23H,1-6H2. The third kappa shape index (κ3) is 3.35. The van der Waals surface area contributed by atoms with Crippen LogP contribution in [0.3, 0.4) is 0 Å². The molecule has 3 aliphatic rings. The molecule has 1 atom stereocenters. The van der Waals surface area contributed by atoms with Gasteiger partial charge in [-0.3, -0.25) is 14.1 Å². The zero-order valence-corrected chi connectivity index (χ0v) is 15.8. The highest BCUT2D eigenvalue weighted by molar-refractivity contribution is 7.54. The minimum atomic E-state index is -3.02. The van der Waals surface area contributed by atoms with Crippen LogP contribution in [-0.4, -0.2) is 52.2 Å². The highest BCUT2D eigenvalue weighted by atomic mass is 31.2. The second-order valence-corrected chi connectivity index (χ2v) is 9.25. The largest absolute Gasteiger partial charge is 0.504 e. The van der Waals surface area contributed by atoms with Gasteiger partial charge in [0.15, 0.2) is 11.5 Å². The Hall–Kier alpha value is -2.19. The van der Waals surface area contributed by atoms with Crippen molar-refractivity contribution in [1.82, 2.24) is 14.3 Å². The van der Waals surface area contributed by atoms with E-state index in [0.717, 1.165) is 32.4 Å². The molecular weight excluding hydrogens is 388 g/mol. The van der Waals surface area contributed by atoms with Crippen LogP contribution in [0.5, 0.6) is 23.0 Å². The molecule has 2 aromatic rings. The van der Waals surface area contributed by atoms with Crippen molar-refractivity contribution in [2.45, 2.75) is 12.5 Å². The van der Waals surface area contributed by atoms with E-state index in [4.69, 9.17) is 14.0 Å². The van der Waals surface area contributed by atoms with Crippen molar-refractivity contribution >= 4 is 7.67 Å². The lowest BCUT2D eigenvalue weighted by atomic mass is 10.0. The molecule has 8 nitrogen and oxygen atoms in total. The molecule has 1 N–H and O–H groups in total. The number of fused-ring (bicyclic) bond motifs is 1. The van der Waals surface area contributed by atoms with Crippen molar-refractivity contribution in [2.75, 3.05) is 32.8 Å². The van der Waals surface area contributed by atoms with Gasteiger partial charge in [0, 0.05) is 50.3 Å². The van der Waals surface area contributed by atoms with E-state index < -0.39 is 19.6 Å². The molecule has 10 heteroatoms. The molecule has 148 valence electrons. The fourth-order valence-electron chi connectivity index (χ4n) is 3.21. The van der Waals surface area contributed by atoms with Crippen LogP contribution in [-0.2, 0) is 9.09 Å². The Morgan fingerprint density at radius 2 is 1.93 bits per heavy atom. The van der Waals surface area contributed by atoms with E-state index in [9.17, 15) is 14.1 Å². The number of aromatic hydroxyl groups is 1. The number of benzene rings is 1. The number of nitrogens with zero attached hydrogens (tertiary/aromatic N) is 3. The molecule has 0 radical (unpaired) electrons. The number of aromatic nitrogens is 1. The van der Waals surface area contributed by atoms with Gasteiger partial charge >= 0.3 is 7.67 Å². The number of hydrogen-bond acceptors (Lipinski definition) is 6. The van der Waals surface area contributed by atoms with Crippen LogP contribution in [0.25, 0.3) is 0 Å². The molecule has 1 aromatic carbocycles. The van der Waals surface area contributed by atoms with Crippen LogP contribution < -0.4 is 9.47 Å². The molecule has 0 bridgehead atoms. The summed E-state index contributed by atoms with van der Waals surface area (Å²) in [6.07, 6.45) is 2.49. The van der Waals surface area contributed by atoms with Crippen molar-refractivity contribution in [3.05, 3.63) is 42.0 Å². The van der Waals surface area contributed by atoms with Crippen molar-refractivity contribution in [3.63, 3.8) is 0 Å². The maximum absolute atomic E-state index is 13.4. The SMILES string of the molecule is O=P(OC1CCOc2cc(O)c(Oc3cncc(F)c3)cc21)(N1CC1)N1CC1. The number of phenolic OH excluding ortho intramolecular Hbond substituents is 1. The fourth-order valence-corrected chi connectivity index (χ4v) is 5.58. The third-order valence-corrected chi connectivity index (χ3v) is 7.57. The highest BCUT2D eigenvalue weighted by Crippen LogP contribution is 2.64. The molecule has 2 saturated heterocycles. The molecule has 2 fully saturated rings. The number of ether oxygens (including phenoxy) is 2. The summed E-state index contributed by atoms with van der Waals surface area (Å²) in [5.41, 5.74) is 0.646. The van der Waals surface area contributed by atoms with Crippen LogP contribution in [0.15, 0.2) is 30.6 Å². The van der Waals surface area contributed by atoms with Gasteiger partial charge in [0.05, 0.1) is 25.1 Å². The Bertz CT molecular complexity index is 950. The van der Waals surface area contributed by atoms with Crippen molar-refractivity contribution in [1.29, 1.82) is 0 Å². The average Bonchev–Trinajstić information content (AvgIpc) is 3.56. The summed E-state index contributed by atoms with van der Waals surface area (Å²) in [4.78, 5) is 3.73. The lowest BCUT2D eigenvalue weighted by Gasteiger charge is -2.30. The zero-order chi connectivity index (χ0) is 19.3. The average molecular weight is 407 g/mol. The molecular formula is C18H19FN3O5P. The van der Waals surface area contributed by atoms with Crippen LogP contribution in [0.2, 0.25) is 0 Å². The second kappa shape index (κ2) is 6.70. The summed E-state index contributed by atoms with van der Waals surface area (Å²) in [6, 6.07) is 4.20. The summed E-state index contributed by atoms with van der Waals surface area (Å²) >= 11 is 0. The van der Waals surface area contributed by atoms with E-state index in [2.05, 4.69) is 4.98 Å². The first kappa shape index (κ1) is 17.9. The van der Waals surface area contributed by atoms with E-state index in [1.54, 1.807) is 6.07 Å². The summed E-state index contributed by atoms with van der Waals surface area (Å²) in [5.74, 6) is 0.0459. The van der Waals surface area contributed by atoms with Gasteiger partial charge in [-0.15, -0.1) is 0 Å². The Kier molecular flexibility index (Phi) is 4.28. The summed E-state index contributed by atoms with van der Waals surface area (Å²) in [5, 5.41) is 10.3. The maximum Gasteiger partial charge on any atom is 0.346 e. The number of hydrogen-bond donors (Lipinski definition) is 1. The predicted octanol–water partition coefficient (Wildman–Crippen LogP) is 3.30. The van der Waals surface area contributed by atoms with Crippen LogP contribution in [0.1, 0.15) is 18.1 Å². The predicted molar refractivity (Wildman–Crippen MR) is 97.1 cm³/mol. The summed E-state index contributed by atoms with van der Waals surface area (Å²) in [6.45, 7) is 3.45. The maximum atomic E-state index is 13.4. The van der Waals surface area contributed by atoms with E-state index in [1.807, 2.05) is 9.34 Å². The van der Waals surface area contributed by atoms with Gasteiger partial charge in [-0.1, -0.05) is 0 Å². The monoisotopic (exact) mass is 407 g/mol. The number of phenols is 1. The molecule has 3 aliphatic heterocycles. The molecule has 4 heterocycles. The molecule has 0 aliphatic carbocycles. The lowest BCUT2D eigenvalue weighted by molar-refractivity contribution is 0.124. The second-order valence-electron chi connectivity index (χ2n) is 6.93. The van der Waals surface area contributed by atoms with E-state index >= 15 is 0 Å². The minimum Gasteiger partial charge on any atom is -0.504 e. The summed E-state index contributed by atoms with van der Waals surface area (Å²) in [7, 11) is -3.02. The van der Waals surface area contributed by atoms with Gasteiger partial charge < -0.3 is 14.6 Å². The molecule has 28 heavy (non-hydrogen) atoms. The van der Waals surface area contributed by atoms with Crippen LogP contribution >= 0.6 is 7.67 Å². The Balaban J connectivity index is 1.45. The van der Waals surface area contributed by atoms with Gasteiger partial charge in [-0.05, 0) is 6.07 Å². The normalized spacial score (nSPS) is 21.7. The first-order chi connectivity index (χ1) is 13.5. The van der Waals surface area contributed by atoms with E-state index in [1.165, 1.54) is 18.3 Å². The van der Waals surface area contributed by atoms with Crippen LogP contribution in [0, 0.1) is 5.82 Å². The van der Waals surface area contributed by atoms with Gasteiger partial charge in [-0.2, -0.15) is 0 Å². The van der Waals surface area contributed by atoms with Gasteiger partial charge in [-0.25, -0.2) is 13.7 Å². The smallest absolute Gasteiger partial charge is 0.346 e. The number of pyridine rings is 1. The first-order valence-electron chi connectivity index (χ1n) is 9.10. The number of halogens is 1. The number of rotatable bonds is 6. The van der Waals surface area contributed by atoms with E-state index in [-0.39, 0.29) is 17.2 Å². The van der Waals surface area contributed by atoms with Crippen molar-refractivity contribution < 1.29 is 28.1 Å².